The number of amides is 1. The average Bonchev–Trinajstić information content (AvgIpc) is 3.31. The van der Waals surface area contributed by atoms with Crippen molar-refractivity contribution in [2.24, 2.45) is 0 Å². The molecule has 1 aliphatic heterocycles. The van der Waals surface area contributed by atoms with Crippen LogP contribution in [0.25, 0.3) is 0 Å². The summed E-state index contributed by atoms with van der Waals surface area (Å²) in [5.41, 5.74) is -2.75. The molecule has 1 heterocycles. The van der Waals surface area contributed by atoms with E-state index in [1.54, 1.807) is 7.05 Å². The number of carbonyl (C=O) groups is 1. The van der Waals surface area contributed by atoms with Gasteiger partial charge in [-0.1, -0.05) is 60.7 Å². The topological polar surface area (TPSA) is 23.6 Å². The normalized spacial score (nSPS) is 18.8. The van der Waals surface area contributed by atoms with Crippen molar-refractivity contribution in [3.8, 4) is 0 Å². The van der Waals surface area contributed by atoms with Crippen molar-refractivity contribution < 1.29 is 31.1 Å². The van der Waals surface area contributed by atoms with Crippen LogP contribution in [-0.4, -0.2) is 41.9 Å². The molecule has 208 valence electrons. The summed E-state index contributed by atoms with van der Waals surface area (Å²) in [7, 11) is 1.58. The number of hydrogen-bond acceptors (Lipinski definition) is 2. The molecule has 0 aromatic heterocycles. The van der Waals surface area contributed by atoms with Gasteiger partial charge in [0.15, 0.2) is 0 Å². The molecule has 0 N–H and O–H groups in total. The minimum Gasteiger partial charge on any atom is -0.340 e. The smallest absolute Gasteiger partial charge is 0.340 e. The van der Waals surface area contributed by atoms with E-state index in [9.17, 15) is 31.1 Å². The largest absolute Gasteiger partial charge is 0.416 e. The van der Waals surface area contributed by atoms with Gasteiger partial charge in [-0.2, -0.15) is 26.3 Å². The number of carbonyl (C=O) groups excluding carboxylic acids is 1. The Morgan fingerprint density at radius 3 is 1.79 bits per heavy atom. The Bertz CT molecular complexity index is 1260. The molecule has 1 amide bonds. The summed E-state index contributed by atoms with van der Waals surface area (Å²) in [6, 6.07) is 20.5. The van der Waals surface area contributed by atoms with Gasteiger partial charge in [0, 0.05) is 32.6 Å². The average molecular weight is 549 g/mol. The third kappa shape index (κ3) is 6.30. The molecular weight excluding hydrogens is 518 g/mol. The maximum atomic E-state index is 13.9. The van der Waals surface area contributed by atoms with Crippen LogP contribution in [0.4, 0.5) is 26.3 Å². The van der Waals surface area contributed by atoms with Crippen molar-refractivity contribution in [2.75, 3.05) is 20.1 Å². The highest BCUT2D eigenvalue weighted by atomic mass is 19.4. The first-order valence-electron chi connectivity index (χ1n) is 12.6. The summed E-state index contributed by atoms with van der Waals surface area (Å²) in [4.78, 5) is 17.6. The van der Waals surface area contributed by atoms with E-state index in [4.69, 9.17) is 0 Å². The van der Waals surface area contributed by atoms with Crippen molar-refractivity contribution in [1.29, 1.82) is 0 Å². The van der Waals surface area contributed by atoms with Gasteiger partial charge in [-0.15, -0.1) is 0 Å². The summed E-state index contributed by atoms with van der Waals surface area (Å²) in [5.74, 6) is -0.644. The van der Waals surface area contributed by atoms with E-state index < -0.39 is 34.8 Å². The predicted octanol–water partition coefficient (Wildman–Crippen LogP) is 7.13. The number of nitrogens with zero attached hydrogens (tertiary/aromatic N) is 2. The molecule has 1 fully saturated rings. The lowest BCUT2D eigenvalue weighted by Crippen LogP contribution is -2.49. The highest BCUT2D eigenvalue weighted by molar-refractivity contribution is 5.87. The number of likely N-dealkylation sites (tertiary alicyclic amines) is 1. The lowest BCUT2D eigenvalue weighted by atomic mass is 9.80. The molecule has 39 heavy (non-hydrogen) atoms. The van der Waals surface area contributed by atoms with Crippen molar-refractivity contribution in [3.05, 3.63) is 107 Å². The van der Waals surface area contributed by atoms with Gasteiger partial charge in [-0.3, -0.25) is 9.69 Å². The molecule has 0 aliphatic carbocycles. The van der Waals surface area contributed by atoms with E-state index in [-0.39, 0.29) is 23.6 Å². The van der Waals surface area contributed by atoms with Gasteiger partial charge in [-0.25, -0.2) is 0 Å². The van der Waals surface area contributed by atoms with Crippen molar-refractivity contribution >= 4 is 5.91 Å². The summed E-state index contributed by atoms with van der Waals surface area (Å²) >= 11 is 0. The van der Waals surface area contributed by atoms with Crippen LogP contribution >= 0.6 is 0 Å². The van der Waals surface area contributed by atoms with Crippen LogP contribution in [-0.2, 0) is 29.1 Å². The van der Waals surface area contributed by atoms with Gasteiger partial charge in [0.05, 0.1) is 22.6 Å². The first-order chi connectivity index (χ1) is 18.2. The van der Waals surface area contributed by atoms with E-state index in [1.165, 1.54) is 18.7 Å². The monoisotopic (exact) mass is 548 g/mol. The number of alkyl halides is 6. The zero-order valence-electron chi connectivity index (χ0n) is 21.9. The first-order valence-corrected chi connectivity index (χ1v) is 12.6. The second-order valence-electron chi connectivity index (χ2n) is 10.6. The third-order valence-electron chi connectivity index (χ3n) is 7.50. The van der Waals surface area contributed by atoms with E-state index in [0.717, 1.165) is 11.1 Å². The van der Waals surface area contributed by atoms with Gasteiger partial charge in [0.2, 0.25) is 5.91 Å². The Kier molecular flexibility index (Phi) is 7.85. The molecule has 0 bridgehead atoms. The van der Waals surface area contributed by atoms with Crippen molar-refractivity contribution in [1.82, 2.24) is 9.80 Å². The van der Waals surface area contributed by atoms with Crippen LogP contribution in [0.15, 0.2) is 78.9 Å². The van der Waals surface area contributed by atoms with Crippen LogP contribution in [0.5, 0.6) is 0 Å². The summed E-state index contributed by atoms with van der Waals surface area (Å²) in [6.07, 6.45) is -9.99. The Morgan fingerprint density at radius 2 is 1.28 bits per heavy atom. The quantitative estimate of drug-likeness (QED) is 0.306. The van der Waals surface area contributed by atoms with Crippen molar-refractivity contribution in [3.63, 3.8) is 0 Å². The van der Waals surface area contributed by atoms with Crippen molar-refractivity contribution in [2.45, 2.75) is 50.1 Å². The van der Waals surface area contributed by atoms with Crippen LogP contribution in [0, 0.1) is 0 Å². The van der Waals surface area contributed by atoms with Gasteiger partial charge >= 0.3 is 12.4 Å². The molecule has 2 unspecified atom stereocenters. The maximum Gasteiger partial charge on any atom is 0.416 e. The molecule has 3 aromatic carbocycles. The van der Waals surface area contributed by atoms with Gasteiger partial charge in [-0.05, 0) is 48.7 Å². The maximum absolute atomic E-state index is 13.9. The zero-order valence-corrected chi connectivity index (χ0v) is 21.9. The summed E-state index contributed by atoms with van der Waals surface area (Å²) in [6.45, 7) is 4.53. The minimum absolute atomic E-state index is 0.0810. The number of likely N-dealkylation sites (N-methyl/N-ethyl adjacent to an activating group) is 1. The number of benzene rings is 3. The van der Waals surface area contributed by atoms with E-state index in [0.29, 0.717) is 31.8 Å². The number of rotatable bonds is 6. The SMILES string of the molecule is CN(C(=O)C(C)(C)c1cc(C(F)(F)F)cc(C(F)(F)F)c1)C1CN(Cc2ccccc2)CC1c1ccccc1. The molecular formula is C30H30F6N2O. The van der Waals surface area contributed by atoms with Crippen LogP contribution in [0.2, 0.25) is 0 Å². The van der Waals surface area contributed by atoms with Gasteiger partial charge in [0.1, 0.15) is 0 Å². The third-order valence-corrected chi connectivity index (χ3v) is 7.50. The molecule has 1 aliphatic rings. The van der Waals surface area contributed by atoms with Crippen LogP contribution in [0.3, 0.4) is 0 Å². The van der Waals surface area contributed by atoms with Crippen LogP contribution in [0.1, 0.15) is 47.6 Å². The molecule has 1 saturated heterocycles. The summed E-state index contributed by atoms with van der Waals surface area (Å²) in [5, 5.41) is 0. The predicted molar refractivity (Wildman–Crippen MR) is 137 cm³/mol. The molecule has 9 heteroatoms. The standard InChI is InChI=1S/C30H30F6N2O/c1-28(2,22-14-23(29(31,32)33)16-24(15-22)30(34,35)36)27(39)37(3)26-19-38(17-20-10-6-4-7-11-20)18-25(26)21-12-8-5-9-13-21/h4-16,25-26H,17-19H2,1-3H3. The lowest BCUT2D eigenvalue weighted by Gasteiger charge is -2.36. The Morgan fingerprint density at radius 1 is 0.795 bits per heavy atom. The highest BCUT2D eigenvalue weighted by Gasteiger charge is 2.44. The molecule has 3 aromatic rings. The first kappa shape index (κ1) is 28.7. The fourth-order valence-corrected chi connectivity index (χ4v) is 5.29. The van der Waals surface area contributed by atoms with E-state index in [2.05, 4.69) is 4.90 Å². The molecule has 4 rings (SSSR count). The minimum atomic E-state index is -5.00. The second-order valence-corrected chi connectivity index (χ2v) is 10.6. The molecule has 0 radical (unpaired) electrons. The molecule has 2 atom stereocenters. The summed E-state index contributed by atoms with van der Waals surface area (Å²) < 4.78 is 81.1. The lowest BCUT2D eigenvalue weighted by molar-refractivity contribution is -0.144. The fourth-order valence-electron chi connectivity index (χ4n) is 5.29. The van der Waals surface area contributed by atoms with E-state index >= 15 is 0 Å². The highest BCUT2D eigenvalue weighted by Crippen LogP contribution is 2.40. The zero-order chi connectivity index (χ0) is 28.6. The van der Waals surface area contributed by atoms with Gasteiger partial charge in [0.25, 0.3) is 0 Å². The molecule has 0 spiro atoms. The Labute approximate surface area is 224 Å². The fraction of sp³-hybridized carbons (Fsp3) is 0.367. The van der Waals surface area contributed by atoms with Crippen LogP contribution < -0.4 is 0 Å². The second kappa shape index (κ2) is 10.7. The number of halogens is 6. The molecule has 3 nitrogen and oxygen atoms in total. The van der Waals surface area contributed by atoms with Gasteiger partial charge < -0.3 is 4.90 Å². The number of hydrogen-bond donors (Lipinski definition) is 0. The van der Waals surface area contributed by atoms with E-state index in [1.807, 2.05) is 60.7 Å². The Hall–Kier alpha value is -3.33. The Balaban J connectivity index is 1.67. The molecule has 0 saturated carbocycles.